The van der Waals surface area contributed by atoms with E-state index >= 15 is 0 Å². The van der Waals surface area contributed by atoms with Crippen molar-refractivity contribution in [2.24, 2.45) is 5.92 Å². The van der Waals surface area contributed by atoms with Gasteiger partial charge in [0.1, 0.15) is 5.69 Å². The maximum absolute atomic E-state index is 12.1. The Kier molecular flexibility index (Phi) is 6.17. The van der Waals surface area contributed by atoms with Crippen LogP contribution in [0.2, 0.25) is 0 Å². The Morgan fingerprint density at radius 2 is 2.20 bits per heavy atom. The molecule has 1 aliphatic heterocycles. The minimum Gasteiger partial charge on any atom is -0.439 e. The summed E-state index contributed by atoms with van der Waals surface area (Å²) in [6.07, 6.45) is 2.44. The largest absolute Gasteiger partial charge is 0.439 e. The van der Waals surface area contributed by atoms with Gasteiger partial charge in [0.2, 0.25) is 0 Å². The summed E-state index contributed by atoms with van der Waals surface area (Å²) in [5.41, 5.74) is 0.657. The molecule has 2 aromatic heterocycles. The summed E-state index contributed by atoms with van der Waals surface area (Å²) in [5, 5.41) is 5.15. The van der Waals surface area contributed by atoms with Crippen molar-refractivity contribution >= 4 is 17.2 Å². The van der Waals surface area contributed by atoms with Gasteiger partial charge in [0.15, 0.2) is 16.7 Å². The SMILES string of the molecule is CC(C)CNC(=O)c1nc(-c2cnc(CCN3CCOCC3)o2)cs1. The molecule has 0 bridgehead atoms. The normalized spacial score (nSPS) is 15.6. The average molecular weight is 364 g/mol. The summed E-state index contributed by atoms with van der Waals surface area (Å²) in [6, 6.07) is 0. The number of aromatic nitrogens is 2. The van der Waals surface area contributed by atoms with Crippen LogP contribution in [0.4, 0.5) is 0 Å². The van der Waals surface area contributed by atoms with Crippen molar-refractivity contribution in [3.05, 3.63) is 22.5 Å². The number of ether oxygens (including phenoxy) is 1. The maximum atomic E-state index is 12.1. The van der Waals surface area contributed by atoms with Crippen molar-refractivity contribution in [3.63, 3.8) is 0 Å². The molecule has 2 aromatic rings. The third kappa shape index (κ3) is 5.10. The second-order valence-electron chi connectivity index (χ2n) is 6.46. The summed E-state index contributed by atoms with van der Waals surface area (Å²) in [6.45, 7) is 9.14. The molecular weight excluding hydrogens is 340 g/mol. The fourth-order valence-electron chi connectivity index (χ4n) is 2.49. The van der Waals surface area contributed by atoms with Crippen molar-refractivity contribution in [1.29, 1.82) is 0 Å². The Labute approximate surface area is 151 Å². The highest BCUT2D eigenvalue weighted by atomic mass is 32.1. The highest BCUT2D eigenvalue weighted by Crippen LogP contribution is 2.23. The molecule has 1 aliphatic rings. The smallest absolute Gasteiger partial charge is 0.280 e. The molecule has 3 heterocycles. The van der Waals surface area contributed by atoms with Crippen LogP contribution in [0.15, 0.2) is 16.0 Å². The number of nitrogens with zero attached hydrogens (tertiary/aromatic N) is 3. The van der Waals surface area contributed by atoms with Crippen LogP contribution in [0.1, 0.15) is 29.5 Å². The molecule has 136 valence electrons. The van der Waals surface area contributed by atoms with E-state index in [1.165, 1.54) is 11.3 Å². The molecule has 0 aliphatic carbocycles. The first-order valence-electron chi connectivity index (χ1n) is 8.60. The molecule has 0 aromatic carbocycles. The zero-order chi connectivity index (χ0) is 17.6. The van der Waals surface area contributed by atoms with Gasteiger partial charge in [-0.15, -0.1) is 11.3 Å². The van der Waals surface area contributed by atoms with Crippen LogP contribution in [0.5, 0.6) is 0 Å². The van der Waals surface area contributed by atoms with E-state index in [1.807, 2.05) is 5.38 Å². The lowest BCUT2D eigenvalue weighted by atomic mass is 10.2. The molecule has 1 amide bonds. The number of thiazole rings is 1. The van der Waals surface area contributed by atoms with E-state index in [0.717, 1.165) is 39.3 Å². The Balaban J connectivity index is 1.55. The second kappa shape index (κ2) is 8.55. The van der Waals surface area contributed by atoms with Crippen molar-refractivity contribution in [3.8, 4) is 11.5 Å². The van der Waals surface area contributed by atoms with Crippen LogP contribution < -0.4 is 5.32 Å². The monoisotopic (exact) mass is 364 g/mol. The number of oxazole rings is 1. The van der Waals surface area contributed by atoms with E-state index in [2.05, 4.69) is 34.0 Å². The van der Waals surface area contributed by atoms with Gasteiger partial charge in [0.25, 0.3) is 5.91 Å². The van der Waals surface area contributed by atoms with E-state index in [9.17, 15) is 4.79 Å². The summed E-state index contributed by atoms with van der Waals surface area (Å²) in [5.74, 6) is 1.57. The average Bonchev–Trinajstić information content (AvgIpc) is 3.28. The highest BCUT2D eigenvalue weighted by molar-refractivity contribution is 7.12. The van der Waals surface area contributed by atoms with E-state index in [0.29, 0.717) is 34.8 Å². The fraction of sp³-hybridized carbons (Fsp3) is 0.588. The highest BCUT2D eigenvalue weighted by Gasteiger charge is 2.16. The Hall–Kier alpha value is -1.77. The van der Waals surface area contributed by atoms with Gasteiger partial charge < -0.3 is 14.5 Å². The molecule has 0 saturated carbocycles. The van der Waals surface area contributed by atoms with Crippen LogP contribution in [-0.4, -0.2) is 60.2 Å². The van der Waals surface area contributed by atoms with E-state index in [4.69, 9.17) is 9.15 Å². The minimum atomic E-state index is -0.142. The Morgan fingerprint density at radius 3 is 2.96 bits per heavy atom. The van der Waals surface area contributed by atoms with Gasteiger partial charge in [0.05, 0.1) is 19.4 Å². The molecule has 25 heavy (non-hydrogen) atoms. The fourth-order valence-corrected chi connectivity index (χ4v) is 3.21. The molecule has 1 N–H and O–H groups in total. The quantitative estimate of drug-likeness (QED) is 0.810. The molecule has 1 saturated heterocycles. The third-order valence-corrected chi connectivity index (χ3v) is 4.76. The third-order valence-electron chi connectivity index (χ3n) is 3.92. The van der Waals surface area contributed by atoms with Crippen LogP contribution in [0.25, 0.3) is 11.5 Å². The lowest BCUT2D eigenvalue weighted by Crippen LogP contribution is -2.37. The number of morpholine rings is 1. The van der Waals surface area contributed by atoms with E-state index in [1.54, 1.807) is 6.20 Å². The van der Waals surface area contributed by atoms with E-state index in [-0.39, 0.29) is 5.91 Å². The molecule has 0 atom stereocenters. The zero-order valence-corrected chi connectivity index (χ0v) is 15.5. The number of hydrogen-bond donors (Lipinski definition) is 1. The van der Waals surface area contributed by atoms with Crippen LogP contribution in [0.3, 0.4) is 0 Å². The van der Waals surface area contributed by atoms with Gasteiger partial charge in [-0.2, -0.15) is 0 Å². The molecule has 3 rings (SSSR count). The van der Waals surface area contributed by atoms with E-state index < -0.39 is 0 Å². The van der Waals surface area contributed by atoms with Gasteiger partial charge in [-0.1, -0.05) is 13.8 Å². The summed E-state index contributed by atoms with van der Waals surface area (Å²) in [7, 11) is 0. The maximum Gasteiger partial charge on any atom is 0.280 e. The second-order valence-corrected chi connectivity index (χ2v) is 7.32. The number of hydrogen-bond acceptors (Lipinski definition) is 7. The zero-order valence-electron chi connectivity index (χ0n) is 14.7. The molecule has 0 spiro atoms. The minimum absolute atomic E-state index is 0.142. The first-order chi connectivity index (χ1) is 12.1. The Morgan fingerprint density at radius 1 is 1.40 bits per heavy atom. The number of amides is 1. The standard InChI is InChI=1S/C17H24N4O3S/c1-12(2)9-19-16(22)17-20-13(11-25-17)14-10-18-15(24-14)3-4-21-5-7-23-8-6-21/h10-12H,3-9H2,1-2H3,(H,19,22). The molecule has 8 heteroatoms. The van der Waals surface area contributed by atoms with Crippen molar-refractivity contribution < 1.29 is 13.9 Å². The van der Waals surface area contributed by atoms with Crippen molar-refractivity contribution in [2.45, 2.75) is 20.3 Å². The number of carbonyl (C=O) groups is 1. The van der Waals surface area contributed by atoms with Gasteiger partial charge in [-0.25, -0.2) is 9.97 Å². The first kappa shape index (κ1) is 18.0. The summed E-state index contributed by atoms with van der Waals surface area (Å²) >= 11 is 1.32. The lowest BCUT2D eigenvalue weighted by molar-refractivity contribution is 0.0377. The number of carbonyl (C=O) groups excluding carboxylic acids is 1. The number of nitrogens with one attached hydrogen (secondary N) is 1. The molecule has 1 fully saturated rings. The predicted octanol–water partition coefficient (Wildman–Crippen LogP) is 2.06. The van der Waals surface area contributed by atoms with Crippen molar-refractivity contribution in [2.75, 3.05) is 39.4 Å². The van der Waals surface area contributed by atoms with Gasteiger partial charge in [-0.05, 0) is 5.92 Å². The van der Waals surface area contributed by atoms with Crippen molar-refractivity contribution in [1.82, 2.24) is 20.2 Å². The molecular formula is C17H24N4O3S. The molecule has 0 radical (unpaired) electrons. The van der Waals surface area contributed by atoms with Gasteiger partial charge in [-0.3, -0.25) is 9.69 Å². The number of rotatable bonds is 7. The van der Waals surface area contributed by atoms with Crippen LogP contribution >= 0.6 is 11.3 Å². The lowest BCUT2D eigenvalue weighted by Gasteiger charge is -2.25. The van der Waals surface area contributed by atoms with Gasteiger partial charge in [0, 0.05) is 38.0 Å². The Bertz CT molecular complexity index is 692. The molecule has 0 unspecified atom stereocenters. The topological polar surface area (TPSA) is 80.5 Å². The summed E-state index contributed by atoms with van der Waals surface area (Å²) < 4.78 is 11.1. The van der Waals surface area contributed by atoms with Gasteiger partial charge >= 0.3 is 0 Å². The predicted molar refractivity (Wildman–Crippen MR) is 95.7 cm³/mol. The van der Waals surface area contributed by atoms with Crippen LogP contribution in [0, 0.1) is 5.92 Å². The summed E-state index contributed by atoms with van der Waals surface area (Å²) in [4.78, 5) is 23.1. The molecule has 7 nitrogen and oxygen atoms in total. The first-order valence-corrected chi connectivity index (χ1v) is 9.48. The van der Waals surface area contributed by atoms with Crippen LogP contribution in [-0.2, 0) is 11.2 Å².